The van der Waals surface area contributed by atoms with E-state index in [1.54, 1.807) is 0 Å². The van der Waals surface area contributed by atoms with Crippen molar-refractivity contribution < 1.29 is 9.53 Å². The number of nitrogens with zero attached hydrogens (tertiary/aromatic N) is 1. The number of benzene rings is 1. The monoisotopic (exact) mass is 355 g/mol. The van der Waals surface area contributed by atoms with Gasteiger partial charge in [-0.3, -0.25) is 9.59 Å². The lowest BCUT2D eigenvalue weighted by Crippen LogP contribution is -2.31. The van der Waals surface area contributed by atoms with Gasteiger partial charge in [0.25, 0.3) is 5.56 Å². The first-order valence-electron chi connectivity index (χ1n) is 7.85. The fourth-order valence-corrected chi connectivity index (χ4v) is 3.32. The van der Waals surface area contributed by atoms with Crippen molar-refractivity contribution in [3.05, 3.63) is 45.7 Å². The van der Waals surface area contributed by atoms with Gasteiger partial charge < -0.3 is 15.0 Å². The molecule has 6 nitrogen and oxygen atoms in total. The Hall–Kier alpha value is -2.72. The van der Waals surface area contributed by atoms with Crippen LogP contribution < -0.4 is 15.6 Å². The van der Waals surface area contributed by atoms with E-state index >= 15 is 0 Å². The van der Waals surface area contributed by atoms with Crippen LogP contribution >= 0.6 is 11.8 Å². The van der Waals surface area contributed by atoms with Crippen LogP contribution in [-0.4, -0.2) is 28.2 Å². The molecule has 2 aromatic rings. The van der Waals surface area contributed by atoms with Gasteiger partial charge >= 0.3 is 0 Å². The van der Waals surface area contributed by atoms with Crippen molar-refractivity contribution in [1.82, 2.24) is 9.97 Å². The Kier molecular flexibility index (Phi) is 5.10. The summed E-state index contributed by atoms with van der Waals surface area (Å²) < 4.78 is 5.44. The van der Waals surface area contributed by atoms with E-state index in [0.717, 1.165) is 11.3 Å². The molecule has 0 saturated carbocycles. The number of carbonyl (C=O) groups excluding carboxylic acids is 1. The van der Waals surface area contributed by atoms with Crippen LogP contribution in [-0.2, 0) is 4.79 Å². The van der Waals surface area contributed by atoms with Gasteiger partial charge in [-0.05, 0) is 24.6 Å². The number of carbonyl (C=O) groups is 1. The van der Waals surface area contributed by atoms with Gasteiger partial charge in [0.15, 0.2) is 5.16 Å². The maximum atomic E-state index is 12.6. The summed E-state index contributed by atoms with van der Waals surface area (Å²) >= 11 is 1.24. The second-order valence-electron chi connectivity index (χ2n) is 5.43. The van der Waals surface area contributed by atoms with Gasteiger partial charge in [-0.25, -0.2) is 4.98 Å². The first kappa shape index (κ1) is 17.1. The molecule has 3 rings (SSSR count). The molecule has 1 aromatic heterocycles. The molecule has 7 heteroatoms. The third kappa shape index (κ3) is 3.69. The predicted molar refractivity (Wildman–Crippen MR) is 97.1 cm³/mol. The average molecular weight is 355 g/mol. The van der Waals surface area contributed by atoms with Crippen LogP contribution in [0.4, 0.5) is 5.82 Å². The normalized spacial score (nSPS) is 15.8. The number of fused-ring (bicyclic) bond motifs is 1. The van der Waals surface area contributed by atoms with Crippen LogP contribution in [0.5, 0.6) is 5.75 Å². The average Bonchev–Trinajstić information content (AvgIpc) is 2.60. The third-order valence-corrected chi connectivity index (χ3v) is 4.59. The van der Waals surface area contributed by atoms with Crippen LogP contribution in [0.15, 0.2) is 34.2 Å². The van der Waals surface area contributed by atoms with Crippen molar-refractivity contribution in [2.24, 2.45) is 0 Å². The number of hydrogen-bond donors (Lipinski definition) is 2. The Morgan fingerprint density at radius 2 is 2.12 bits per heavy atom. The molecule has 1 aliphatic heterocycles. The smallest absolute Gasteiger partial charge is 0.257 e. The van der Waals surface area contributed by atoms with Crippen molar-refractivity contribution in [3.8, 4) is 18.1 Å². The Morgan fingerprint density at radius 3 is 2.80 bits per heavy atom. The lowest BCUT2D eigenvalue weighted by molar-refractivity contribution is -0.116. The molecule has 1 aliphatic rings. The number of amides is 1. The molecule has 0 saturated heterocycles. The minimum absolute atomic E-state index is 0.169. The number of thioether (sulfide) groups is 1. The summed E-state index contributed by atoms with van der Waals surface area (Å²) in [4.78, 5) is 31.7. The Balaban J connectivity index is 1.99. The predicted octanol–water partition coefficient (Wildman–Crippen LogP) is 2.37. The number of terminal acetylenes is 1. The van der Waals surface area contributed by atoms with Crippen LogP contribution in [0.2, 0.25) is 0 Å². The minimum Gasteiger partial charge on any atom is -0.494 e. The number of nitrogens with one attached hydrogen (secondary N) is 2. The number of ether oxygens (including phenoxy) is 1. The molecule has 0 bridgehead atoms. The second kappa shape index (κ2) is 7.45. The number of rotatable bonds is 5. The molecular weight excluding hydrogens is 338 g/mol. The number of anilines is 1. The van der Waals surface area contributed by atoms with E-state index in [2.05, 4.69) is 21.2 Å². The van der Waals surface area contributed by atoms with Crippen molar-refractivity contribution in [1.29, 1.82) is 0 Å². The zero-order valence-corrected chi connectivity index (χ0v) is 14.5. The Labute approximate surface area is 149 Å². The van der Waals surface area contributed by atoms with Gasteiger partial charge in [-0.1, -0.05) is 29.8 Å². The number of hydrogen-bond acceptors (Lipinski definition) is 5. The van der Waals surface area contributed by atoms with Crippen molar-refractivity contribution >= 4 is 23.5 Å². The maximum absolute atomic E-state index is 12.6. The number of H-pyrrole nitrogens is 1. The van der Waals surface area contributed by atoms with Crippen LogP contribution in [0.25, 0.3) is 0 Å². The molecule has 1 atom stereocenters. The SMILES string of the molecule is C#CCSc1nc2c(c(=O)[nH]1)C(c1ccc(OCC)cc1)CC(=O)N2. The van der Waals surface area contributed by atoms with E-state index < -0.39 is 0 Å². The second-order valence-corrected chi connectivity index (χ2v) is 6.40. The summed E-state index contributed by atoms with van der Waals surface area (Å²) in [5.74, 6) is 3.40. The van der Waals surface area contributed by atoms with Crippen LogP contribution in [0.3, 0.4) is 0 Å². The molecule has 0 spiro atoms. The molecule has 0 aliphatic carbocycles. The standard InChI is InChI=1S/C18H17N3O3S/c1-3-9-25-18-20-16-15(17(23)21-18)13(10-14(22)19-16)11-5-7-12(8-6-11)24-4-2/h1,5-8,13H,4,9-10H2,2H3,(H2,19,20,21,22,23). The molecule has 2 heterocycles. The molecule has 2 N–H and O–H groups in total. The summed E-state index contributed by atoms with van der Waals surface area (Å²) in [6, 6.07) is 7.42. The Morgan fingerprint density at radius 1 is 1.36 bits per heavy atom. The van der Waals surface area contributed by atoms with Crippen LogP contribution in [0.1, 0.15) is 30.4 Å². The lowest BCUT2D eigenvalue weighted by Gasteiger charge is -2.24. The lowest BCUT2D eigenvalue weighted by atomic mass is 9.87. The first-order valence-corrected chi connectivity index (χ1v) is 8.84. The summed E-state index contributed by atoms with van der Waals surface area (Å²) in [6.45, 7) is 2.49. The summed E-state index contributed by atoms with van der Waals surface area (Å²) in [6.07, 6.45) is 5.43. The Bertz CT molecular complexity index is 884. The van der Waals surface area contributed by atoms with Gasteiger partial charge in [0.05, 0.1) is 17.9 Å². The molecule has 1 unspecified atom stereocenters. The molecule has 0 fully saturated rings. The molecule has 128 valence electrons. The maximum Gasteiger partial charge on any atom is 0.257 e. The quantitative estimate of drug-likeness (QED) is 0.489. The van der Waals surface area contributed by atoms with Crippen molar-refractivity contribution in [2.75, 3.05) is 17.7 Å². The first-order chi connectivity index (χ1) is 12.1. The van der Waals surface area contributed by atoms with E-state index in [0.29, 0.717) is 28.9 Å². The summed E-state index contributed by atoms with van der Waals surface area (Å²) in [5.41, 5.74) is 1.08. The van der Waals surface area contributed by atoms with E-state index in [9.17, 15) is 9.59 Å². The highest BCUT2D eigenvalue weighted by atomic mass is 32.2. The zero-order chi connectivity index (χ0) is 17.8. The van der Waals surface area contributed by atoms with Gasteiger partial charge in [0.1, 0.15) is 11.6 Å². The third-order valence-electron chi connectivity index (χ3n) is 3.82. The molecule has 25 heavy (non-hydrogen) atoms. The topological polar surface area (TPSA) is 84.1 Å². The van der Waals surface area contributed by atoms with Gasteiger partial charge in [0, 0.05) is 12.3 Å². The number of aromatic nitrogens is 2. The zero-order valence-electron chi connectivity index (χ0n) is 13.7. The summed E-state index contributed by atoms with van der Waals surface area (Å²) in [5, 5.41) is 3.09. The minimum atomic E-state index is -0.345. The van der Waals surface area contributed by atoms with E-state index in [-0.39, 0.29) is 23.8 Å². The van der Waals surface area contributed by atoms with E-state index in [4.69, 9.17) is 11.2 Å². The highest BCUT2D eigenvalue weighted by Gasteiger charge is 2.30. The largest absolute Gasteiger partial charge is 0.494 e. The van der Waals surface area contributed by atoms with Crippen LogP contribution in [0, 0.1) is 12.3 Å². The van der Waals surface area contributed by atoms with E-state index in [1.807, 2.05) is 31.2 Å². The van der Waals surface area contributed by atoms with Gasteiger partial charge in [-0.2, -0.15) is 0 Å². The molecule has 1 amide bonds. The van der Waals surface area contributed by atoms with E-state index in [1.165, 1.54) is 11.8 Å². The molecule has 1 aromatic carbocycles. The fraction of sp³-hybridized carbons (Fsp3) is 0.278. The molecule has 0 radical (unpaired) electrons. The number of aromatic amines is 1. The van der Waals surface area contributed by atoms with Gasteiger partial charge in [-0.15, -0.1) is 6.42 Å². The summed E-state index contributed by atoms with van der Waals surface area (Å²) in [7, 11) is 0. The molecular formula is C18H17N3O3S. The van der Waals surface area contributed by atoms with Crippen molar-refractivity contribution in [3.63, 3.8) is 0 Å². The van der Waals surface area contributed by atoms with Crippen molar-refractivity contribution in [2.45, 2.75) is 24.4 Å². The fourth-order valence-electron chi connectivity index (χ4n) is 2.78. The van der Waals surface area contributed by atoms with Gasteiger partial charge in [0.2, 0.25) is 5.91 Å². The highest BCUT2D eigenvalue weighted by Crippen LogP contribution is 2.35. The highest BCUT2D eigenvalue weighted by molar-refractivity contribution is 7.99.